The lowest BCUT2D eigenvalue weighted by atomic mass is 9.80. The maximum atomic E-state index is 12.9. The molecule has 1 aromatic heterocycles. The van der Waals surface area contributed by atoms with Crippen LogP contribution in [0.2, 0.25) is 0 Å². The number of rotatable bonds is 9. The number of ether oxygens (including phenoxy) is 5. The molecule has 2 unspecified atom stereocenters. The predicted octanol–water partition coefficient (Wildman–Crippen LogP) is 3.72. The van der Waals surface area contributed by atoms with Gasteiger partial charge >= 0.3 is 5.69 Å². The van der Waals surface area contributed by atoms with Crippen LogP contribution in [0.1, 0.15) is 41.1 Å². The Kier molecular flexibility index (Phi) is 8.91. The molecular formula is C35H38N2O8. The predicted molar refractivity (Wildman–Crippen MR) is 167 cm³/mol. The Morgan fingerprint density at radius 3 is 2.11 bits per heavy atom. The molecule has 10 nitrogen and oxygen atoms in total. The molecule has 45 heavy (non-hydrogen) atoms. The number of aryl methyl sites for hydroxylation is 1. The summed E-state index contributed by atoms with van der Waals surface area (Å²) < 4.78 is 32.1. The molecule has 2 aliphatic heterocycles. The Morgan fingerprint density at radius 1 is 0.911 bits per heavy atom. The van der Waals surface area contributed by atoms with Gasteiger partial charge in [0.05, 0.1) is 33.0 Å². The number of nitrogens with zero attached hydrogens (tertiary/aromatic N) is 1. The van der Waals surface area contributed by atoms with Crippen molar-refractivity contribution in [2.24, 2.45) is 0 Å². The van der Waals surface area contributed by atoms with Crippen molar-refractivity contribution in [2.75, 3.05) is 27.4 Å². The van der Waals surface area contributed by atoms with E-state index in [1.807, 2.05) is 78.9 Å². The van der Waals surface area contributed by atoms with Crippen LogP contribution >= 0.6 is 0 Å². The molecule has 6 rings (SSSR count). The zero-order valence-corrected chi connectivity index (χ0v) is 25.6. The number of hydrogen-bond acceptors (Lipinski definition) is 8. The summed E-state index contributed by atoms with van der Waals surface area (Å²) in [5.41, 5.74) is 0.865. The third-order valence-electron chi connectivity index (χ3n) is 8.83. The van der Waals surface area contributed by atoms with E-state index < -0.39 is 47.3 Å². The minimum absolute atomic E-state index is 0.0107. The summed E-state index contributed by atoms with van der Waals surface area (Å²) >= 11 is 0. The largest absolute Gasteiger partial charge is 0.497 e. The second-order valence-corrected chi connectivity index (χ2v) is 11.5. The number of hydrogen-bond donors (Lipinski definition) is 2. The van der Waals surface area contributed by atoms with Crippen molar-refractivity contribution in [3.8, 4) is 11.5 Å². The maximum absolute atomic E-state index is 12.9. The number of fused-ring (bicyclic) bond motifs is 2. The first-order valence-corrected chi connectivity index (χ1v) is 15.1. The van der Waals surface area contributed by atoms with Crippen molar-refractivity contribution in [1.29, 1.82) is 0 Å². The van der Waals surface area contributed by atoms with Crippen molar-refractivity contribution < 1.29 is 28.8 Å². The summed E-state index contributed by atoms with van der Waals surface area (Å²) in [4.78, 5) is 27.4. The van der Waals surface area contributed by atoms with Gasteiger partial charge in [0, 0.05) is 18.4 Å². The highest BCUT2D eigenvalue weighted by atomic mass is 16.6. The molecule has 0 radical (unpaired) electrons. The molecule has 2 N–H and O–H groups in total. The van der Waals surface area contributed by atoms with Gasteiger partial charge < -0.3 is 28.8 Å². The lowest BCUT2D eigenvalue weighted by molar-refractivity contribution is -0.217. The van der Waals surface area contributed by atoms with Crippen molar-refractivity contribution >= 4 is 0 Å². The van der Waals surface area contributed by atoms with Gasteiger partial charge in [-0.15, -0.1) is 0 Å². The van der Waals surface area contributed by atoms with Gasteiger partial charge in [-0.2, -0.15) is 0 Å². The van der Waals surface area contributed by atoms with Gasteiger partial charge in [-0.25, -0.2) is 4.79 Å². The molecule has 0 spiro atoms. The maximum Gasteiger partial charge on any atom is 0.328 e. The fourth-order valence-corrected chi connectivity index (χ4v) is 6.51. The van der Waals surface area contributed by atoms with Gasteiger partial charge in [-0.05, 0) is 60.7 Å². The smallest absolute Gasteiger partial charge is 0.328 e. The van der Waals surface area contributed by atoms with Crippen LogP contribution in [0.5, 0.6) is 11.5 Å². The number of H-pyrrole nitrogens is 1. The average molecular weight is 615 g/mol. The van der Waals surface area contributed by atoms with Crippen LogP contribution in [0.25, 0.3) is 0 Å². The summed E-state index contributed by atoms with van der Waals surface area (Å²) in [6, 6.07) is 24.7. The molecule has 4 aromatic rings. The minimum atomic E-state index is -1.12. The number of benzene rings is 3. The summed E-state index contributed by atoms with van der Waals surface area (Å²) in [5.74, 6) is 1.42. The molecule has 2 aliphatic rings. The first-order chi connectivity index (χ1) is 21.8. The number of aliphatic hydroxyl groups is 1. The molecule has 0 saturated carbocycles. The van der Waals surface area contributed by atoms with Gasteiger partial charge in [0.15, 0.2) is 0 Å². The van der Waals surface area contributed by atoms with Gasteiger partial charge in [-0.3, -0.25) is 14.3 Å². The van der Waals surface area contributed by atoms with E-state index in [0.29, 0.717) is 36.5 Å². The summed E-state index contributed by atoms with van der Waals surface area (Å²) in [7, 11) is 3.25. The molecule has 2 saturated heterocycles. The van der Waals surface area contributed by atoms with E-state index in [-0.39, 0.29) is 6.61 Å². The van der Waals surface area contributed by atoms with E-state index in [1.54, 1.807) is 21.1 Å². The molecule has 3 aromatic carbocycles. The quantitative estimate of drug-likeness (QED) is 0.274. The summed E-state index contributed by atoms with van der Waals surface area (Å²) in [6.45, 7) is 2.06. The zero-order chi connectivity index (χ0) is 31.6. The van der Waals surface area contributed by atoms with Crippen LogP contribution in [0.4, 0.5) is 0 Å². The van der Waals surface area contributed by atoms with Crippen molar-refractivity contribution in [3.05, 3.63) is 128 Å². The Morgan fingerprint density at radius 2 is 1.51 bits per heavy atom. The topological polar surface area (TPSA) is 121 Å². The lowest BCUT2D eigenvalue weighted by Crippen LogP contribution is -2.58. The third kappa shape index (κ3) is 5.82. The summed E-state index contributed by atoms with van der Waals surface area (Å²) in [6.07, 6.45) is -0.281. The lowest BCUT2D eigenvalue weighted by Gasteiger charge is -2.45. The third-order valence-corrected chi connectivity index (χ3v) is 8.83. The molecule has 3 heterocycles. The normalized spacial score (nSPS) is 23.2. The zero-order valence-electron chi connectivity index (χ0n) is 25.6. The van der Waals surface area contributed by atoms with Crippen molar-refractivity contribution in [2.45, 2.75) is 55.8 Å². The monoisotopic (exact) mass is 614 g/mol. The van der Waals surface area contributed by atoms with E-state index in [1.165, 1.54) is 10.8 Å². The molecule has 2 bridgehead atoms. The Balaban J connectivity index is 1.40. The number of nitrogens with one attached hydrogen (secondary N) is 1. The Hall–Kier alpha value is -4.22. The average Bonchev–Trinajstić information content (AvgIpc) is 3.24. The van der Waals surface area contributed by atoms with Gasteiger partial charge in [0.25, 0.3) is 5.56 Å². The highest BCUT2D eigenvalue weighted by Crippen LogP contribution is 2.43. The van der Waals surface area contributed by atoms with E-state index in [4.69, 9.17) is 23.7 Å². The van der Waals surface area contributed by atoms with Gasteiger partial charge in [-0.1, -0.05) is 54.6 Å². The SMILES string of the molecule is COc1ccc(C(OC[C@H]2OC3CCCOC([C@@H]3n3cc(C)c(=O)[nH]c3=O)[C@H]2O)(c2ccccc2)c2ccc(OC)cc2)cc1. The number of aromatic nitrogens is 2. The highest BCUT2D eigenvalue weighted by Gasteiger charge is 2.49. The first kappa shape index (κ1) is 30.8. The van der Waals surface area contributed by atoms with E-state index in [2.05, 4.69) is 4.98 Å². The molecule has 0 aliphatic carbocycles. The van der Waals surface area contributed by atoms with Crippen LogP contribution in [-0.4, -0.2) is 66.5 Å². The molecule has 5 atom stereocenters. The fourth-order valence-electron chi connectivity index (χ4n) is 6.51. The fraction of sp³-hybridized carbons (Fsp3) is 0.371. The number of aliphatic hydroxyl groups excluding tert-OH is 1. The van der Waals surface area contributed by atoms with Crippen LogP contribution in [0.15, 0.2) is 94.6 Å². The Bertz CT molecular complexity index is 1650. The molecule has 2 fully saturated rings. The highest BCUT2D eigenvalue weighted by molar-refractivity contribution is 5.49. The molecule has 0 amide bonds. The first-order valence-electron chi connectivity index (χ1n) is 15.1. The van der Waals surface area contributed by atoms with Crippen molar-refractivity contribution in [1.82, 2.24) is 9.55 Å². The Labute approximate surface area is 261 Å². The van der Waals surface area contributed by atoms with Crippen LogP contribution in [0.3, 0.4) is 0 Å². The van der Waals surface area contributed by atoms with Crippen LogP contribution in [-0.2, 0) is 19.8 Å². The standard InChI is InChI=1S/C35H38N2O8/c1-22-20-37(34(40)36-33(22)39)30-28-10-7-19-43-32(30)31(38)29(45-28)21-44-35(23-8-5-4-6-9-23,24-11-15-26(41-2)16-12-24)25-13-17-27(42-3)18-14-25/h4-6,8-9,11-18,20,28-32,38H,7,10,19,21H2,1-3H3,(H,36,39,40)/t28?,29-,30-,31+,32?/m1/s1. The van der Waals surface area contributed by atoms with Gasteiger partial charge in [0.2, 0.25) is 0 Å². The molecular weight excluding hydrogens is 576 g/mol. The van der Waals surface area contributed by atoms with Crippen molar-refractivity contribution in [3.63, 3.8) is 0 Å². The second-order valence-electron chi connectivity index (χ2n) is 11.5. The van der Waals surface area contributed by atoms with Crippen LogP contribution in [0, 0.1) is 6.92 Å². The molecule has 10 heteroatoms. The minimum Gasteiger partial charge on any atom is -0.497 e. The van der Waals surface area contributed by atoms with E-state index in [9.17, 15) is 14.7 Å². The van der Waals surface area contributed by atoms with Gasteiger partial charge in [0.1, 0.15) is 35.4 Å². The number of aromatic amines is 1. The second kappa shape index (κ2) is 13.0. The summed E-state index contributed by atoms with van der Waals surface area (Å²) in [5, 5.41) is 11.7. The number of methoxy groups -OCH3 is 2. The van der Waals surface area contributed by atoms with E-state index in [0.717, 1.165) is 16.7 Å². The van der Waals surface area contributed by atoms with Crippen LogP contribution < -0.4 is 20.7 Å². The molecule has 236 valence electrons. The van der Waals surface area contributed by atoms with E-state index >= 15 is 0 Å².